The van der Waals surface area contributed by atoms with Gasteiger partial charge in [-0.05, 0) is 19.9 Å². The van der Waals surface area contributed by atoms with Crippen LogP contribution < -0.4 is 40.0 Å². The summed E-state index contributed by atoms with van der Waals surface area (Å²) in [5.74, 6) is -1.02. The first kappa shape index (κ1) is 19.4. The number of unbranched alkanes of at least 4 members (excludes halogenated alkanes) is 9. The molecular formula is C15H30NNaO2. The minimum absolute atomic E-state index is 0. The summed E-state index contributed by atoms with van der Waals surface area (Å²) in [4.78, 5) is 10.4. The van der Waals surface area contributed by atoms with E-state index < -0.39 is 12.0 Å². The van der Waals surface area contributed by atoms with Crippen molar-refractivity contribution in [2.24, 2.45) is 0 Å². The first-order valence-corrected chi connectivity index (χ1v) is 7.42. The number of carboxylic acids is 1. The maximum Gasteiger partial charge on any atom is 1.00 e. The maximum absolute atomic E-state index is 10.4. The second-order valence-corrected chi connectivity index (χ2v) is 5.03. The summed E-state index contributed by atoms with van der Waals surface area (Å²) < 4.78 is 7.04. The molecule has 0 bridgehead atoms. The van der Waals surface area contributed by atoms with Crippen LogP contribution in [0.4, 0.5) is 0 Å². The predicted molar refractivity (Wildman–Crippen MR) is 74.3 cm³/mol. The molecule has 1 atom stereocenters. The van der Waals surface area contributed by atoms with Gasteiger partial charge in [0.25, 0.3) is 0 Å². The predicted octanol–water partition coefficient (Wildman–Crippen LogP) is -0.361. The molecule has 0 aliphatic rings. The molecule has 0 amide bonds. The van der Waals surface area contributed by atoms with E-state index in [0.717, 1.165) is 19.4 Å². The Hall–Kier alpha value is 0.430. The Morgan fingerprint density at radius 2 is 1.53 bits per heavy atom. The largest absolute Gasteiger partial charge is 1.00 e. The molecule has 0 aliphatic carbocycles. The molecule has 0 unspecified atom stereocenters. The molecule has 108 valence electrons. The van der Waals surface area contributed by atoms with Gasteiger partial charge in [-0.1, -0.05) is 64.7 Å². The quantitative estimate of drug-likeness (QED) is 0.370. The van der Waals surface area contributed by atoms with Crippen molar-refractivity contribution in [2.75, 3.05) is 6.54 Å². The van der Waals surface area contributed by atoms with Gasteiger partial charge in [0.1, 0.15) is 0 Å². The van der Waals surface area contributed by atoms with E-state index in [1.54, 1.807) is 6.92 Å². The van der Waals surface area contributed by atoms with Crippen molar-refractivity contribution < 1.29 is 40.8 Å². The third-order valence-electron chi connectivity index (χ3n) is 3.23. The minimum atomic E-state index is -1.02. The Kier molecular flexibility index (Phi) is 16.9. The Morgan fingerprint density at radius 1 is 1.05 bits per heavy atom. The van der Waals surface area contributed by atoms with Crippen molar-refractivity contribution in [3.05, 3.63) is 0 Å². The molecule has 3 nitrogen and oxygen atoms in total. The van der Waals surface area contributed by atoms with Crippen LogP contribution in [-0.2, 0) is 4.79 Å². The van der Waals surface area contributed by atoms with E-state index in [0.29, 0.717) is 6.90 Å². The molecular weight excluding hydrogens is 249 g/mol. The van der Waals surface area contributed by atoms with Crippen molar-refractivity contribution in [2.45, 2.75) is 84.1 Å². The number of carbonyl (C=O) groups excluding carboxylic acids is 1. The molecule has 0 spiro atoms. The average molecular weight is 280 g/mol. The van der Waals surface area contributed by atoms with Crippen LogP contribution in [0.2, 0.25) is 0 Å². The van der Waals surface area contributed by atoms with Gasteiger partial charge in [-0.2, -0.15) is 0 Å². The van der Waals surface area contributed by atoms with Crippen LogP contribution >= 0.6 is 0 Å². The number of rotatable bonds is 13. The first-order chi connectivity index (χ1) is 9.18. The monoisotopic (exact) mass is 280 g/mol. The van der Waals surface area contributed by atoms with Crippen molar-refractivity contribution in [3.63, 3.8) is 0 Å². The Labute approximate surface area is 142 Å². The fraction of sp³-hybridized carbons (Fsp3) is 0.933. The SMILES string of the molecule is [2H]CCCCCCCCCCCCN[C@@H](C)C(=O)[O-].[Na+]. The fourth-order valence-corrected chi connectivity index (χ4v) is 1.94. The zero-order valence-electron chi connectivity index (χ0n) is 13.9. The molecule has 0 rings (SSSR count). The molecule has 0 saturated carbocycles. The standard InChI is InChI=1S/C15H31NO2.Na/c1-3-4-5-6-7-8-9-10-11-12-13-16-14(2)15(17)18;/h14,16H,3-13H2,1-2H3,(H,17,18);/q;+1/p-1/t14-;/m0./s1/i1D;. The third-order valence-corrected chi connectivity index (χ3v) is 3.23. The minimum Gasteiger partial charge on any atom is -0.548 e. The zero-order chi connectivity index (χ0) is 14.3. The van der Waals surface area contributed by atoms with Gasteiger partial charge < -0.3 is 15.2 Å². The summed E-state index contributed by atoms with van der Waals surface area (Å²) in [5.41, 5.74) is 0. The Morgan fingerprint density at radius 3 is 2.00 bits per heavy atom. The van der Waals surface area contributed by atoms with Crippen LogP contribution in [0.25, 0.3) is 0 Å². The van der Waals surface area contributed by atoms with Crippen LogP contribution in [0.5, 0.6) is 0 Å². The molecule has 0 heterocycles. The summed E-state index contributed by atoms with van der Waals surface area (Å²) in [7, 11) is 0. The molecule has 0 aliphatic heterocycles. The third kappa shape index (κ3) is 16.4. The number of aliphatic carboxylic acids is 1. The van der Waals surface area contributed by atoms with E-state index in [2.05, 4.69) is 5.32 Å². The number of hydrogen-bond acceptors (Lipinski definition) is 3. The second kappa shape index (κ2) is 16.5. The van der Waals surface area contributed by atoms with Crippen LogP contribution in [0, 0.1) is 0 Å². The first-order valence-electron chi connectivity index (χ1n) is 8.12. The molecule has 19 heavy (non-hydrogen) atoms. The Balaban J connectivity index is 0. The van der Waals surface area contributed by atoms with Gasteiger partial charge in [-0.15, -0.1) is 0 Å². The molecule has 0 aromatic heterocycles. The van der Waals surface area contributed by atoms with Gasteiger partial charge in [-0.3, -0.25) is 0 Å². The van der Waals surface area contributed by atoms with E-state index in [9.17, 15) is 9.90 Å². The van der Waals surface area contributed by atoms with Crippen LogP contribution in [0.1, 0.15) is 79.4 Å². The van der Waals surface area contributed by atoms with Crippen LogP contribution in [0.15, 0.2) is 0 Å². The molecule has 4 heteroatoms. The molecule has 0 saturated heterocycles. The summed E-state index contributed by atoms with van der Waals surface area (Å²) >= 11 is 0. The topological polar surface area (TPSA) is 52.2 Å². The zero-order valence-corrected chi connectivity index (χ0v) is 14.9. The maximum atomic E-state index is 10.4. The fourth-order valence-electron chi connectivity index (χ4n) is 1.94. The van der Waals surface area contributed by atoms with Crippen molar-refractivity contribution in [1.29, 1.82) is 0 Å². The van der Waals surface area contributed by atoms with Crippen molar-refractivity contribution in [3.8, 4) is 0 Å². The average Bonchev–Trinajstić information content (AvgIpc) is 2.39. The van der Waals surface area contributed by atoms with Gasteiger partial charge in [0.2, 0.25) is 0 Å². The van der Waals surface area contributed by atoms with E-state index in [1.165, 1.54) is 51.4 Å². The number of hydrogen-bond donors (Lipinski definition) is 1. The van der Waals surface area contributed by atoms with E-state index >= 15 is 0 Å². The van der Waals surface area contributed by atoms with Gasteiger partial charge in [0.15, 0.2) is 0 Å². The van der Waals surface area contributed by atoms with Gasteiger partial charge >= 0.3 is 29.6 Å². The normalized spacial score (nSPS) is 12.6. The number of carbonyl (C=O) groups is 1. The number of nitrogens with one attached hydrogen (secondary N) is 1. The van der Waals surface area contributed by atoms with Gasteiger partial charge in [-0.25, -0.2) is 0 Å². The molecule has 0 aromatic carbocycles. The van der Waals surface area contributed by atoms with Crippen molar-refractivity contribution >= 4 is 5.97 Å². The number of carboxylic acid groups (broad SMARTS) is 1. The van der Waals surface area contributed by atoms with E-state index in [4.69, 9.17) is 1.37 Å². The van der Waals surface area contributed by atoms with Gasteiger partial charge in [0, 0.05) is 7.41 Å². The van der Waals surface area contributed by atoms with Gasteiger partial charge in [0.05, 0.1) is 5.97 Å². The van der Waals surface area contributed by atoms with E-state index in [1.807, 2.05) is 0 Å². The molecule has 0 fully saturated rings. The second-order valence-electron chi connectivity index (χ2n) is 5.03. The van der Waals surface area contributed by atoms with E-state index in [-0.39, 0.29) is 29.6 Å². The summed E-state index contributed by atoms with van der Waals surface area (Å²) in [6.07, 6.45) is 12.2. The molecule has 0 radical (unpaired) electrons. The smallest absolute Gasteiger partial charge is 0.548 e. The van der Waals surface area contributed by atoms with Crippen LogP contribution in [0.3, 0.4) is 0 Å². The summed E-state index contributed by atoms with van der Waals surface area (Å²) in [6.45, 7) is 2.96. The molecule has 1 N–H and O–H groups in total. The van der Waals surface area contributed by atoms with Crippen molar-refractivity contribution in [1.82, 2.24) is 5.32 Å². The van der Waals surface area contributed by atoms with Crippen LogP contribution in [-0.4, -0.2) is 18.6 Å². The summed E-state index contributed by atoms with van der Waals surface area (Å²) in [6, 6.07) is -0.538. The Bertz CT molecular complexity index is 218. The molecule has 0 aromatic rings. The summed E-state index contributed by atoms with van der Waals surface area (Å²) in [5, 5.41) is 13.4.